The Morgan fingerprint density at radius 3 is 1.43 bits per heavy atom. The Kier molecular flexibility index (Phi) is 7.13. The van der Waals surface area contributed by atoms with Crippen LogP contribution in [0, 0.1) is 11.8 Å². The van der Waals surface area contributed by atoms with Gasteiger partial charge in [0, 0.05) is 0 Å². The molecule has 2 unspecified atom stereocenters. The van der Waals surface area contributed by atoms with Crippen molar-refractivity contribution in [2.75, 3.05) is 0 Å². The van der Waals surface area contributed by atoms with Crippen LogP contribution in [-0.2, 0) is 28.0 Å². The summed E-state index contributed by atoms with van der Waals surface area (Å²) in [6, 6.07) is 0. The molecule has 23 heavy (non-hydrogen) atoms. The standard InChI is InChI=1S/C19H29OSi.ClH.Zr/c1-11-9-13(3)17(15(11)5)19(20,21(7)8)18-14(4)10-12(2)16(18)6;;/h9-10,15-16,21H,1-8H3;1H;/q-1;;+1. The maximum Gasteiger partial charge on any atom is -0.147 e. The molecule has 0 heterocycles. The van der Waals surface area contributed by atoms with Crippen molar-refractivity contribution in [3.63, 3.8) is 0 Å². The van der Waals surface area contributed by atoms with Crippen molar-refractivity contribution in [1.82, 2.24) is 0 Å². The minimum Gasteiger partial charge on any atom is -0.147 e. The van der Waals surface area contributed by atoms with Crippen LogP contribution in [0.4, 0.5) is 0 Å². The second-order valence-electron chi connectivity index (χ2n) is 7.41. The Labute approximate surface area is 165 Å². The zero-order chi connectivity index (χ0) is 16.8. The van der Waals surface area contributed by atoms with E-state index in [0.29, 0.717) is 11.8 Å². The predicted octanol–water partition coefficient (Wildman–Crippen LogP) is 5.48. The Balaban J connectivity index is 0.00000264. The van der Waals surface area contributed by atoms with Crippen LogP contribution in [-0.4, -0.2) is 14.0 Å². The number of rotatable bonds is 4. The van der Waals surface area contributed by atoms with Crippen LogP contribution in [0.3, 0.4) is 0 Å². The number of hydrogen-bond donors (Lipinski definition) is 0. The van der Waals surface area contributed by atoms with Crippen molar-refractivity contribution in [2.45, 2.75) is 59.9 Å². The first-order valence-electron chi connectivity index (χ1n) is 8.32. The topological polar surface area (TPSA) is 9.23 Å². The van der Waals surface area contributed by atoms with Crippen LogP contribution >= 0.6 is 12.4 Å². The van der Waals surface area contributed by atoms with Crippen molar-refractivity contribution in [3.8, 4) is 0 Å². The van der Waals surface area contributed by atoms with E-state index in [4.69, 9.17) is 2.81 Å². The summed E-state index contributed by atoms with van der Waals surface area (Å²) in [5, 5.41) is -0.117. The molecule has 0 spiro atoms. The van der Waals surface area contributed by atoms with E-state index in [1.54, 1.807) is 11.1 Å². The van der Waals surface area contributed by atoms with Crippen LogP contribution in [0.1, 0.15) is 41.5 Å². The van der Waals surface area contributed by atoms with Gasteiger partial charge in [-0.25, -0.2) is 0 Å². The molecule has 4 heteroatoms. The fourth-order valence-corrected chi connectivity index (χ4v) is 9.16. The molecule has 0 saturated heterocycles. The molecule has 0 aromatic rings. The van der Waals surface area contributed by atoms with Crippen LogP contribution in [0.25, 0.3) is 0 Å². The van der Waals surface area contributed by atoms with Gasteiger partial charge in [-0.3, -0.25) is 0 Å². The molecule has 127 valence electrons. The summed E-state index contributed by atoms with van der Waals surface area (Å²) < 4.78 is 6.51. The minimum absolute atomic E-state index is 0. The van der Waals surface area contributed by atoms with E-state index in [1.807, 2.05) is 0 Å². The SMILES string of the molecule is CC1=CC(C)=C(C([O][Zr])(C2=C(C)C=C(C)C2C)[SiH](C)C)C1C.Cl. The van der Waals surface area contributed by atoms with Gasteiger partial charge in [0.05, 0.1) is 0 Å². The molecule has 1 nitrogen and oxygen atoms in total. The maximum atomic E-state index is 6.51. The molecule has 2 rings (SSSR count). The van der Waals surface area contributed by atoms with Gasteiger partial charge in [-0.15, -0.1) is 12.4 Å². The molecule has 0 radical (unpaired) electrons. The summed E-state index contributed by atoms with van der Waals surface area (Å²) in [4.78, 5) is 0. The van der Waals surface area contributed by atoms with Gasteiger partial charge in [-0.1, -0.05) is 0 Å². The average Bonchev–Trinajstić information content (AvgIpc) is 2.83. The zero-order valence-corrected chi connectivity index (χ0v) is 20.1. The van der Waals surface area contributed by atoms with Crippen molar-refractivity contribution >= 4 is 21.2 Å². The summed E-state index contributed by atoms with van der Waals surface area (Å²) in [7, 11) is -1.12. The van der Waals surface area contributed by atoms with E-state index < -0.39 is 8.80 Å². The second kappa shape index (κ2) is 7.68. The van der Waals surface area contributed by atoms with Gasteiger partial charge in [-0.2, -0.15) is 0 Å². The summed E-state index contributed by atoms with van der Waals surface area (Å²) in [5.41, 5.74) is 8.93. The Morgan fingerprint density at radius 1 is 0.913 bits per heavy atom. The number of hydrogen-bond acceptors (Lipinski definition) is 1. The molecule has 0 N–H and O–H groups in total. The van der Waals surface area contributed by atoms with Crippen LogP contribution in [0.5, 0.6) is 0 Å². The molecule has 0 aliphatic heterocycles. The fourth-order valence-electron chi connectivity index (χ4n) is 4.45. The molecule has 0 saturated carbocycles. The van der Waals surface area contributed by atoms with Crippen LogP contribution < -0.4 is 0 Å². The van der Waals surface area contributed by atoms with E-state index in [-0.39, 0.29) is 17.6 Å². The van der Waals surface area contributed by atoms with E-state index in [0.717, 1.165) is 0 Å². The van der Waals surface area contributed by atoms with E-state index in [1.165, 1.54) is 47.5 Å². The fraction of sp³-hybridized carbons (Fsp3) is 0.579. The second-order valence-corrected chi connectivity index (χ2v) is 11.0. The molecule has 0 fully saturated rings. The van der Waals surface area contributed by atoms with Gasteiger partial charge in [-0.05, 0) is 0 Å². The van der Waals surface area contributed by atoms with Crippen molar-refractivity contribution in [3.05, 3.63) is 45.6 Å². The monoisotopic (exact) mass is 427 g/mol. The maximum absolute atomic E-state index is 6.51. The van der Waals surface area contributed by atoms with Crippen molar-refractivity contribution < 1.29 is 28.0 Å². The van der Waals surface area contributed by atoms with Crippen LogP contribution in [0.15, 0.2) is 45.6 Å². The molecule has 0 bridgehead atoms. The smallest absolute Gasteiger partial charge is 0.147 e. The average molecular weight is 429 g/mol. The van der Waals surface area contributed by atoms with Gasteiger partial charge in [0.2, 0.25) is 0 Å². The van der Waals surface area contributed by atoms with Crippen molar-refractivity contribution in [2.24, 2.45) is 11.8 Å². The summed E-state index contributed by atoms with van der Waals surface area (Å²) in [6.07, 6.45) is 4.74. The molecule has 0 amide bonds. The third kappa shape index (κ3) is 3.24. The van der Waals surface area contributed by atoms with Gasteiger partial charge < -0.3 is 0 Å². The van der Waals surface area contributed by atoms with Crippen LogP contribution in [0.2, 0.25) is 13.1 Å². The Bertz CT molecular complexity index is 567. The van der Waals surface area contributed by atoms with Gasteiger partial charge >= 0.3 is 154 Å². The molecule has 0 aromatic heterocycles. The summed E-state index contributed by atoms with van der Waals surface area (Å²) in [6.45, 7) is 18.7. The molecule has 2 aliphatic carbocycles. The number of halogens is 1. The number of allylic oxidation sites excluding steroid dienone is 6. The first kappa shape index (κ1) is 21.4. The first-order chi connectivity index (χ1) is 10.2. The molecule has 2 atom stereocenters. The van der Waals surface area contributed by atoms with E-state index >= 15 is 0 Å². The zero-order valence-electron chi connectivity index (χ0n) is 15.7. The minimum atomic E-state index is -1.12. The third-order valence-corrected chi connectivity index (χ3v) is 9.48. The summed E-state index contributed by atoms with van der Waals surface area (Å²) in [5.74, 6) is 1.01. The van der Waals surface area contributed by atoms with E-state index in [9.17, 15) is 0 Å². The molecule has 0 aromatic carbocycles. The normalized spacial score (nSPS) is 27.1. The van der Waals surface area contributed by atoms with Gasteiger partial charge in [0.15, 0.2) is 0 Å². The van der Waals surface area contributed by atoms with Gasteiger partial charge in [0.1, 0.15) is 0 Å². The summed E-state index contributed by atoms with van der Waals surface area (Å²) >= 11 is 1.19. The first-order valence-corrected chi connectivity index (χ1v) is 12.2. The van der Waals surface area contributed by atoms with Gasteiger partial charge in [0.25, 0.3) is 0 Å². The Hall–Kier alpha value is 0.310. The van der Waals surface area contributed by atoms with E-state index in [2.05, 4.69) is 66.8 Å². The largest absolute Gasteiger partial charge is 0.147 e. The predicted molar refractivity (Wildman–Crippen MR) is 101 cm³/mol. The third-order valence-electron chi connectivity index (χ3n) is 5.74. The quantitative estimate of drug-likeness (QED) is 0.539. The Morgan fingerprint density at radius 2 is 1.26 bits per heavy atom. The molecule has 2 aliphatic rings. The molecular weight excluding hydrogens is 399 g/mol. The van der Waals surface area contributed by atoms with Crippen molar-refractivity contribution in [1.29, 1.82) is 0 Å². The molecular formula is C19H30ClOSiZr.